The molecule has 6 heteroatoms. The van der Waals surface area contributed by atoms with E-state index in [1.54, 1.807) is 36.7 Å². The number of carbonyl (C=O) groups excluding carboxylic acids is 2. The highest BCUT2D eigenvalue weighted by molar-refractivity contribution is 6.16. The molecule has 1 unspecified atom stereocenters. The number of pyridine rings is 1. The summed E-state index contributed by atoms with van der Waals surface area (Å²) in [6, 6.07) is 21.5. The second kappa shape index (κ2) is 8.15. The van der Waals surface area contributed by atoms with E-state index in [-0.39, 0.29) is 11.3 Å². The molecular weight excluding hydrogens is 404 g/mol. The van der Waals surface area contributed by atoms with E-state index in [1.165, 1.54) is 4.90 Å². The van der Waals surface area contributed by atoms with Gasteiger partial charge >= 0.3 is 0 Å². The number of rotatable bonds is 6. The molecule has 0 spiro atoms. The Balaban J connectivity index is 1.53. The van der Waals surface area contributed by atoms with E-state index in [4.69, 9.17) is 4.42 Å². The highest BCUT2D eigenvalue weighted by Crippen LogP contribution is 2.39. The third-order valence-corrected chi connectivity index (χ3v) is 5.68. The van der Waals surface area contributed by atoms with E-state index in [9.17, 15) is 14.7 Å². The van der Waals surface area contributed by atoms with Gasteiger partial charge in [-0.3, -0.25) is 14.6 Å². The summed E-state index contributed by atoms with van der Waals surface area (Å²) in [4.78, 5) is 32.2. The Morgan fingerprint density at radius 1 is 1.03 bits per heavy atom. The Bertz CT molecular complexity index is 1290. The molecule has 0 bridgehead atoms. The zero-order valence-electron chi connectivity index (χ0n) is 17.1. The summed E-state index contributed by atoms with van der Waals surface area (Å²) >= 11 is 0. The highest BCUT2D eigenvalue weighted by atomic mass is 16.3. The second-order valence-electron chi connectivity index (χ2n) is 7.66. The molecule has 4 aromatic rings. The standard InChI is InChI=1S/C26H20N2O4/c29-24(21-15-18-9-4-5-11-20(18)32-21)22-23(19-10-6-13-27-16-19)28(26(31)25(22)30)14-12-17-7-2-1-3-8-17/h1-11,13,15-16,23,30H,12,14H2. The van der Waals surface area contributed by atoms with Crippen LogP contribution in [0.1, 0.15) is 27.7 Å². The maximum absolute atomic E-state index is 13.5. The van der Waals surface area contributed by atoms with Crippen LogP contribution in [0.15, 0.2) is 101 Å². The van der Waals surface area contributed by atoms with Crippen LogP contribution in [0.3, 0.4) is 0 Å². The van der Waals surface area contributed by atoms with E-state index in [2.05, 4.69) is 4.98 Å². The molecule has 0 radical (unpaired) electrons. The van der Waals surface area contributed by atoms with Crippen LogP contribution in [-0.2, 0) is 11.2 Å². The molecule has 1 amide bonds. The van der Waals surface area contributed by atoms with Gasteiger partial charge in [0.2, 0.25) is 5.78 Å². The van der Waals surface area contributed by atoms with Crippen molar-refractivity contribution in [3.8, 4) is 0 Å². The number of benzene rings is 2. The molecule has 2 aromatic heterocycles. The number of carbonyl (C=O) groups is 2. The van der Waals surface area contributed by atoms with Gasteiger partial charge in [-0.05, 0) is 35.7 Å². The second-order valence-corrected chi connectivity index (χ2v) is 7.66. The van der Waals surface area contributed by atoms with Crippen LogP contribution < -0.4 is 0 Å². The topological polar surface area (TPSA) is 83.6 Å². The van der Waals surface area contributed by atoms with Gasteiger partial charge in [0.25, 0.3) is 5.91 Å². The lowest BCUT2D eigenvalue weighted by Gasteiger charge is -2.26. The first-order valence-electron chi connectivity index (χ1n) is 10.3. The molecule has 6 nitrogen and oxygen atoms in total. The monoisotopic (exact) mass is 424 g/mol. The minimum atomic E-state index is -0.749. The number of ketones is 1. The smallest absolute Gasteiger partial charge is 0.290 e. The zero-order valence-corrected chi connectivity index (χ0v) is 17.1. The number of furan rings is 1. The van der Waals surface area contributed by atoms with E-state index in [0.29, 0.717) is 24.1 Å². The zero-order chi connectivity index (χ0) is 22.1. The number of aliphatic hydroxyl groups is 1. The number of hydrogen-bond donors (Lipinski definition) is 1. The first-order valence-corrected chi connectivity index (χ1v) is 10.3. The summed E-state index contributed by atoms with van der Waals surface area (Å²) in [6.45, 7) is 0.337. The van der Waals surface area contributed by atoms with Gasteiger partial charge in [0.1, 0.15) is 5.58 Å². The number of hydrogen-bond acceptors (Lipinski definition) is 5. The Morgan fingerprint density at radius 2 is 1.81 bits per heavy atom. The fourth-order valence-electron chi connectivity index (χ4n) is 4.12. The summed E-state index contributed by atoms with van der Waals surface area (Å²) in [5.41, 5.74) is 2.29. The normalized spacial score (nSPS) is 16.2. The number of Topliss-reactive ketones (excluding diaryl/α,β-unsaturated/α-hetero) is 1. The number of para-hydroxylation sites is 1. The molecule has 0 aliphatic carbocycles. The predicted octanol–water partition coefficient (Wildman–Crippen LogP) is 4.65. The van der Waals surface area contributed by atoms with E-state index in [0.717, 1.165) is 10.9 Å². The van der Waals surface area contributed by atoms with E-state index < -0.39 is 23.5 Å². The van der Waals surface area contributed by atoms with Crippen LogP contribution in [0, 0.1) is 0 Å². The van der Waals surface area contributed by atoms with Crippen molar-refractivity contribution in [1.29, 1.82) is 0 Å². The molecule has 32 heavy (non-hydrogen) atoms. The minimum absolute atomic E-state index is 0.00937. The molecule has 1 N–H and O–H groups in total. The van der Waals surface area contributed by atoms with Crippen molar-refractivity contribution in [2.24, 2.45) is 0 Å². The number of aliphatic hydroxyl groups excluding tert-OH is 1. The fourth-order valence-corrected chi connectivity index (χ4v) is 4.12. The SMILES string of the molecule is O=C(C1=C(O)C(=O)N(CCc2ccccc2)C1c1cccnc1)c1cc2ccccc2o1. The lowest BCUT2D eigenvalue weighted by molar-refractivity contribution is -0.129. The van der Waals surface area contributed by atoms with Crippen molar-refractivity contribution in [3.63, 3.8) is 0 Å². The minimum Gasteiger partial charge on any atom is -0.503 e. The molecule has 0 saturated heterocycles. The highest BCUT2D eigenvalue weighted by Gasteiger charge is 2.44. The molecule has 158 valence electrons. The maximum atomic E-state index is 13.5. The molecule has 3 heterocycles. The summed E-state index contributed by atoms with van der Waals surface area (Å²) < 4.78 is 5.73. The maximum Gasteiger partial charge on any atom is 0.290 e. The van der Waals surface area contributed by atoms with Gasteiger partial charge in [-0.1, -0.05) is 54.6 Å². The van der Waals surface area contributed by atoms with Crippen molar-refractivity contribution in [1.82, 2.24) is 9.88 Å². The summed E-state index contributed by atoms with van der Waals surface area (Å²) in [5.74, 6) is -1.55. The van der Waals surface area contributed by atoms with Gasteiger partial charge in [0, 0.05) is 24.3 Å². The van der Waals surface area contributed by atoms with Gasteiger partial charge in [0.05, 0.1) is 11.6 Å². The van der Waals surface area contributed by atoms with Crippen LogP contribution in [0.4, 0.5) is 0 Å². The van der Waals surface area contributed by atoms with E-state index in [1.807, 2.05) is 48.5 Å². The number of amides is 1. The Kier molecular flexibility index (Phi) is 5.03. The molecule has 1 atom stereocenters. The van der Waals surface area contributed by atoms with Crippen molar-refractivity contribution >= 4 is 22.7 Å². The average Bonchev–Trinajstić information content (AvgIpc) is 3.38. The lowest BCUT2D eigenvalue weighted by atomic mass is 9.96. The van der Waals surface area contributed by atoms with Gasteiger partial charge in [-0.15, -0.1) is 0 Å². The first-order chi connectivity index (χ1) is 15.6. The molecular formula is C26H20N2O4. The van der Waals surface area contributed by atoms with Crippen LogP contribution in [0.2, 0.25) is 0 Å². The molecule has 0 saturated carbocycles. The Hall–Kier alpha value is -4.19. The molecule has 5 rings (SSSR count). The quantitative estimate of drug-likeness (QED) is 0.456. The molecule has 2 aromatic carbocycles. The fraction of sp³-hybridized carbons (Fsp3) is 0.115. The first kappa shape index (κ1) is 19.8. The lowest BCUT2D eigenvalue weighted by Crippen LogP contribution is -2.33. The van der Waals surface area contributed by atoms with Gasteiger partial charge < -0.3 is 14.4 Å². The van der Waals surface area contributed by atoms with Gasteiger partial charge in [-0.2, -0.15) is 0 Å². The van der Waals surface area contributed by atoms with Crippen LogP contribution in [0.5, 0.6) is 0 Å². The largest absolute Gasteiger partial charge is 0.503 e. The van der Waals surface area contributed by atoms with Crippen molar-refractivity contribution in [3.05, 3.63) is 113 Å². The molecule has 0 fully saturated rings. The predicted molar refractivity (Wildman–Crippen MR) is 119 cm³/mol. The van der Waals surface area contributed by atoms with Crippen molar-refractivity contribution in [2.75, 3.05) is 6.54 Å². The Morgan fingerprint density at radius 3 is 2.56 bits per heavy atom. The number of fused-ring (bicyclic) bond motifs is 1. The number of aromatic nitrogens is 1. The average molecular weight is 424 g/mol. The summed E-state index contributed by atoms with van der Waals surface area (Å²) in [6.07, 6.45) is 3.82. The Labute approximate surface area is 184 Å². The van der Waals surface area contributed by atoms with Crippen LogP contribution >= 0.6 is 0 Å². The van der Waals surface area contributed by atoms with E-state index >= 15 is 0 Å². The number of nitrogens with zero attached hydrogens (tertiary/aromatic N) is 2. The van der Waals surface area contributed by atoms with Crippen molar-refractivity contribution < 1.29 is 19.1 Å². The van der Waals surface area contributed by atoms with Gasteiger partial charge in [0.15, 0.2) is 11.5 Å². The third kappa shape index (κ3) is 3.46. The van der Waals surface area contributed by atoms with Crippen molar-refractivity contribution in [2.45, 2.75) is 12.5 Å². The summed E-state index contributed by atoms with van der Waals surface area (Å²) in [5, 5.41) is 11.5. The van der Waals surface area contributed by atoms with Gasteiger partial charge in [-0.25, -0.2) is 0 Å². The van der Waals surface area contributed by atoms with Crippen LogP contribution in [0.25, 0.3) is 11.0 Å². The molecule has 1 aliphatic heterocycles. The molecule has 1 aliphatic rings. The summed E-state index contributed by atoms with van der Waals surface area (Å²) in [7, 11) is 0. The third-order valence-electron chi connectivity index (χ3n) is 5.68. The van der Waals surface area contributed by atoms with Crippen LogP contribution in [-0.4, -0.2) is 33.2 Å².